The van der Waals surface area contributed by atoms with Gasteiger partial charge < -0.3 is 14.8 Å². The van der Waals surface area contributed by atoms with Crippen molar-refractivity contribution in [2.45, 2.75) is 20.3 Å². The molecule has 0 saturated carbocycles. The number of nitrogens with zero attached hydrogens (tertiary/aromatic N) is 3. The van der Waals surface area contributed by atoms with Crippen molar-refractivity contribution in [3.63, 3.8) is 0 Å². The Morgan fingerprint density at radius 2 is 1.97 bits per heavy atom. The molecule has 0 saturated heterocycles. The highest BCUT2D eigenvalue weighted by molar-refractivity contribution is 7.09. The monoisotopic (exact) mass is 424 g/mol. The summed E-state index contributed by atoms with van der Waals surface area (Å²) in [5.41, 5.74) is 2.87. The van der Waals surface area contributed by atoms with Crippen molar-refractivity contribution in [2.75, 3.05) is 19.0 Å². The highest BCUT2D eigenvalue weighted by Crippen LogP contribution is 2.35. The van der Waals surface area contributed by atoms with Crippen molar-refractivity contribution in [3.05, 3.63) is 64.1 Å². The number of rotatable bonds is 7. The number of methoxy groups -OCH3 is 1. The predicted octanol–water partition coefficient (Wildman–Crippen LogP) is 5.22. The molecular weight excluding hydrogens is 403 g/mol. The van der Waals surface area contributed by atoms with Crippen LogP contribution in [-0.2, 0) is 6.42 Å². The highest BCUT2D eigenvalue weighted by atomic mass is 32.1. The molecule has 8 heteroatoms. The van der Waals surface area contributed by atoms with Crippen LogP contribution in [0.1, 0.15) is 16.3 Å². The lowest BCUT2D eigenvalue weighted by Crippen LogP contribution is -2.04. The number of anilines is 2. The lowest BCUT2D eigenvalue weighted by molar-refractivity contribution is 0.297. The van der Waals surface area contributed by atoms with Gasteiger partial charge >= 0.3 is 0 Å². The number of hydrogen-bond acceptors (Lipinski definition) is 7. The zero-order chi connectivity index (χ0) is 21.1. The Labute approximate surface area is 177 Å². The third-order valence-corrected chi connectivity index (χ3v) is 5.40. The van der Waals surface area contributed by atoms with Gasteiger partial charge in [0.05, 0.1) is 35.6 Å². The largest absolute Gasteiger partial charge is 0.493 e. The van der Waals surface area contributed by atoms with Crippen LogP contribution in [0.4, 0.5) is 15.9 Å². The molecule has 0 radical (unpaired) electrons. The van der Waals surface area contributed by atoms with Gasteiger partial charge in [-0.2, -0.15) is 0 Å². The number of thiazole rings is 1. The second kappa shape index (κ2) is 8.62. The van der Waals surface area contributed by atoms with Crippen molar-refractivity contribution in [1.82, 2.24) is 15.0 Å². The molecule has 4 rings (SSSR count). The van der Waals surface area contributed by atoms with E-state index >= 15 is 0 Å². The van der Waals surface area contributed by atoms with Crippen LogP contribution in [0.3, 0.4) is 0 Å². The molecule has 0 fully saturated rings. The van der Waals surface area contributed by atoms with E-state index in [1.54, 1.807) is 36.6 Å². The van der Waals surface area contributed by atoms with Crippen LogP contribution in [0, 0.1) is 19.7 Å². The number of benzene rings is 2. The van der Waals surface area contributed by atoms with Gasteiger partial charge in [0.2, 0.25) is 0 Å². The Hall–Kier alpha value is -3.26. The first-order valence-electron chi connectivity index (χ1n) is 9.43. The zero-order valence-corrected chi connectivity index (χ0v) is 17.7. The minimum Gasteiger partial charge on any atom is -0.493 e. The van der Waals surface area contributed by atoms with Gasteiger partial charge in [0.25, 0.3) is 0 Å². The van der Waals surface area contributed by atoms with Gasteiger partial charge in [-0.15, -0.1) is 11.3 Å². The summed E-state index contributed by atoms with van der Waals surface area (Å²) in [6.07, 6.45) is 2.14. The Morgan fingerprint density at radius 1 is 1.10 bits per heavy atom. The first kappa shape index (κ1) is 20.0. The summed E-state index contributed by atoms with van der Waals surface area (Å²) in [7, 11) is 1.58. The van der Waals surface area contributed by atoms with Crippen molar-refractivity contribution in [2.24, 2.45) is 0 Å². The standard InChI is InChI=1S/C22H21FN4O2S/c1-13-4-5-18(17(23)8-13)27-22-16-9-20(28-3)21(10-19(16)24-12-25-22)29-7-6-15-11-30-14(2)26-15/h4-5,8-12H,6-7H2,1-3H3,(H,24,25,27). The molecule has 0 atom stereocenters. The molecular formula is C22H21FN4O2S. The molecule has 154 valence electrons. The number of halogens is 1. The topological polar surface area (TPSA) is 69.2 Å². The lowest BCUT2D eigenvalue weighted by atomic mass is 10.2. The second-order valence-electron chi connectivity index (χ2n) is 6.81. The first-order chi connectivity index (χ1) is 14.5. The minimum atomic E-state index is -0.342. The smallest absolute Gasteiger partial charge is 0.163 e. The van der Waals surface area contributed by atoms with Gasteiger partial charge in [-0.25, -0.2) is 19.3 Å². The molecule has 0 spiro atoms. The molecule has 6 nitrogen and oxygen atoms in total. The Morgan fingerprint density at radius 3 is 2.70 bits per heavy atom. The molecule has 0 amide bonds. The predicted molar refractivity (Wildman–Crippen MR) is 117 cm³/mol. The van der Waals surface area contributed by atoms with E-state index in [1.807, 2.05) is 25.3 Å². The SMILES string of the molecule is COc1cc2c(Nc3ccc(C)cc3F)ncnc2cc1OCCc1csc(C)n1. The average Bonchev–Trinajstić information content (AvgIpc) is 3.14. The van der Waals surface area contributed by atoms with E-state index in [9.17, 15) is 4.39 Å². The summed E-state index contributed by atoms with van der Waals surface area (Å²) >= 11 is 1.62. The van der Waals surface area contributed by atoms with Crippen LogP contribution < -0.4 is 14.8 Å². The van der Waals surface area contributed by atoms with Crippen LogP contribution in [-0.4, -0.2) is 28.7 Å². The van der Waals surface area contributed by atoms with E-state index in [4.69, 9.17) is 9.47 Å². The molecule has 2 aromatic carbocycles. The molecule has 2 heterocycles. The number of aromatic nitrogens is 3. The number of fused-ring (bicyclic) bond motifs is 1. The molecule has 0 aliphatic heterocycles. The molecule has 0 unspecified atom stereocenters. The van der Waals surface area contributed by atoms with Gasteiger partial charge in [-0.3, -0.25) is 0 Å². The first-order valence-corrected chi connectivity index (χ1v) is 10.3. The number of nitrogens with one attached hydrogen (secondary N) is 1. The summed E-state index contributed by atoms with van der Waals surface area (Å²) in [6, 6.07) is 8.60. The van der Waals surface area contributed by atoms with Gasteiger partial charge in [-0.1, -0.05) is 6.07 Å². The van der Waals surface area contributed by atoms with Crippen LogP contribution >= 0.6 is 11.3 Å². The molecule has 0 bridgehead atoms. The van der Waals surface area contributed by atoms with E-state index in [0.29, 0.717) is 46.9 Å². The molecule has 30 heavy (non-hydrogen) atoms. The van der Waals surface area contributed by atoms with E-state index in [0.717, 1.165) is 16.3 Å². The molecule has 2 aromatic heterocycles. The third kappa shape index (κ3) is 4.33. The van der Waals surface area contributed by atoms with Crippen LogP contribution in [0.25, 0.3) is 10.9 Å². The van der Waals surface area contributed by atoms with Gasteiger partial charge in [0.1, 0.15) is 18.0 Å². The summed E-state index contributed by atoms with van der Waals surface area (Å²) in [4.78, 5) is 13.1. The zero-order valence-electron chi connectivity index (χ0n) is 16.9. The van der Waals surface area contributed by atoms with E-state index in [-0.39, 0.29) is 5.82 Å². The maximum Gasteiger partial charge on any atom is 0.163 e. The van der Waals surface area contributed by atoms with Crippen molar-refractivity contribution in [1.29, 1.82) is 0 Å². The quantitative estimate of drug-likeness (QED) is 0.439. The van der Waals surface area contributed by atoms with Crippen LogP contribution in [0.15, 0.2) is 42.0 Å². The number of ether oxygens (including phenoxy) is 2. The minimum absolute atomic E-state index is 0.342. The van der Waals surface area contributed by atoms with Gasteiger partial charge in [0, 0.05) is 23.3 Å². The maximum atomic E-state index is 14.3. The van der Waals surface area contributed by atoms with Crippen molar-refractivity contribution in [3.8, 4) is 11.5 Å². The van der Waals surface area contributed by atoms with Gasteiger partial charge in [-0.05, 0) is 37.6 Å². The molecule has 0 aliphatic rings. The van der Waals surface area contributed by atoms with Crippen molar-refractivity contribution < 1.29 is 13.9 Å². The number of aryl methyl sites for hydroxylation is 2. The van der Waals surface area contributed by atoms with Crippen molar-refractivity contribution >= 4 is 33.7 Å². The highest BCUT2D eigenvalue weighted by Gasteiger charge is 2.13. The maximum absolute atomic E-state index is 14.3. The molecule has 4 aromatic rings. The third-order valence-electron chi connectivity index (χ3n) is 4.58. The summed E-state index contributed by atoms with van der Waals surface area (Å²) in [5, 5.41) is 6.83. The number of hydrogen-bond donors (Lipinski definition) is 1. The summed E-state index contributed by atoms with van der Waals surface area (Å²) in [6.45, 7) is 4.29. The van der Waals surface area contributed by atoms with Gasteiger partial charge in [0.15, 0.2) is 11.5 Å². The van der Waals surface area contributed by atoms with Crippen LogP contribution in [0.5, 0.6) is 11.5 Å². The fourth-order valence-corrected chi connectivity index (χ4v) is 3.72. The fraction of sp³-hybridized carbons (Fsp3) is 0.227. The Balaban J connectivity index is 1.60. The summed E-state index contributed by atoms with van der Waals surface area (Å²) in [5.74, 6) is 1.29. The van der Waals surface area contributed by atoms with Crippen LogP contribution in [0.2, 0.25) is 0 Å². The van der Waals surface area contributed by atoms with E-state index in [1.165, 1.54) is 12.4 Å². The lowest BCUT2D eigenvalue weighted by Gasteiger charge is -2.14. The fourth-order valence-electron chi connectivity index (χ4n) is 3.07. The van der Waals surface area contributed by atoms with E-state index in [2.05, 4.69) is 20.3 Å². The average molecular weight is 425 g/mol. The molecule has 0 aliphatic carbocycles. The van der Waals surface area contributed by atoms with E-state index < -0.39 is 0 Å². The Bertz CT molecular complexity index is 1200. The summed E-state index contributed by atoms with van der Waals surface area (Å²) < 4.78 is 25.7. The Kier molecular flexibility index (Phi) is 5.76. The normalized spacial score (nSPS) is 10.9. The second-order valence-corrected chi connectivity index (χ2v) is 7.87. The molecule has 1 N–H and O–H groups in total.